The molecule has 0 N–H and O–H groups in total. The van der Waals surface area contributed by atoms with Crippen LogP contribution in [0.1, 0.15) is 25.8 Å². The molecule has 0 fully saturated rings. The molecule has 0 amide bonds. The van der Waals surface area contributed by atoms with Crippen molar-refractivity contribution >= 4 is 0 Å². The van der Waals surface area contributed by atoms with Crippen molar-refractivity contribution in [1.82, 2.24) is 0 Å². The monoisotopic (exact) mass is 196 g/mol. The molecule has 0 aromatic heterocycles. The van der Waals surface area contributed by atoms with E-state index in [2.05, 4.69) is 13.8 Å². The van der Waals surface area contributed by atoms with E-state index < -0.39 is 0 Å². The molecular formula is C12H17FO. The van der Waals surface area contributed by atoms with Crippen LogP contribution >= 0.6 is 0 Å². The van der Waals surface area contributed by atoms with Gasteiger partial charge in [-0.1, -0.05) is 26.0 Å². The van der Waals surface area contributed by atoms with Crippen LogP contribution in [-0.4, -0.2) is 6.61 Å². The minimum atomic E-state index is -0.240. The van der Waals surface area contributed by atoms with Gasteiger partial charge in [0.15, 0.2) is 11.6 Å². The van der Waals surface area contributed by atoms with Crippen molar-refractivity contribution in [3.8, 4) is 5.75 Å². The summed E-state index contributed by atoms with van der Waals surface area (Å²) in [5, 5.41) is 0. The minimum Gasteiger partial charge on any atom is -0.490 e. The van der Waals surface area contributed by atoms with Gasteiger partial charge in [0.2, 0.25) is 0 Å². The van der Waals surface area contributed by atoms with Gasteiger partial charge >= 0.3 is 0 Å². The van der Waals surface area contributed by atoms with E-state index in [-0.39, 0.29) is 5.82 Å². The summed E-state index contributed by atoms with van der Waals surface area (Å²) in [7, 11) is 0. The first kappa shape index (κ1) is 11.0. The maximum absolute atomic E-state index is 13.4. The Morgan fingerprint density at radius 1 is 1.36 bits per heavy atom. The van der Waals surface area contributed by atoms with Crippen LogP contribution in [0.3, 0.4) is 0 Å². The number of hydrogen-bond donors (Lipinski definition) is 0. The van der Waals surface area contributed by atoms with Gasteiger partial charge in [-0.05, 0) is 30.9 Å². The zero-order chi connectivity index (χ0) is 10.6. The van der Waals surface area contributed by atoms with Crippen LogP contribution in [0.25, 0.3) is 0 Å². The summed E-state index contributed by atoms with van der Waals surface area (Å²) in [5.41, 5.74) is 0.632. The van der Waals surface area contributed by atoms with E-state index in [9.17, 15) is 4.39 Å². The molecule has 14 heavy (non-hydrogen) atoms. The Kier molecular flexibility index (Phi) is 3.93. The van der Waals surface area contributed by atoms with E-state index in [1.165, 1.54) is 0 Å². The highest BCUT2D eigenvalue weighted by molar-refractivity contribution is 5.29. The Balaban J connectivity index is 2.54. The molecule has 0 aliphatic carbocycles. The number of aryl methyl sites for hydroxylation is 1. The molecule has 1 rings (SSSR count). The van der Waals surface area contributed by atoms with Crippen molar-refractivity contribution < 1.29 is 9.13 Å². The third-order valence-electron chi connectivity index (χ3n) is 2.11. The molecule has 0 bridgehead atoms. The first-order chi connectivity index (χ1) is 6.61. The summed E-state index contributed by atoms with van der Waals surface area (Å²) in [4.78, 5) is 0. The Labute approximate surface area is 84.9 Å². The second-order valence-electron chi connectivity index (χ2n) is 3.92. The Hall–Kier alpha value is -1.05. The molecule has 0 aliphatic heterocycles. The van der Waals surface area contributed by atoms with Crippen molar-refractivity contribution in [2.45, 2.75) is 27.2 Å². The van der Waals surface area contributed by atoms with Gasteiger partial charge in [-0.3, -0.25) is 0 Å². The number of halogens is 1. The normalized spacial score (nSPS) is 10.6. The lowest BCUT2D eigenvalue weighted by Gasteiger charge is -2.09. The van der Waals surface area contributed by atoms with E-state index in [4.69, 9.17) is 4.74 Å². The molecule has 0 aliphatic rings. The second kappa shape index (κ2) is 4.99. The number of rotatable bonds is 4. The average Bonchev–Trinajstić information content (AvgIpc) is 2.12. The lowest BCUT2D eigenvalue weighted by Crippen LogP contribution is -2.03. The summed E-state index contributed by atoms with van der Waals surface area (Å²) in [6.07, 6.45) is 0.952. The predicted molar refractivity (Wildman–Crippen MR) is 56.1 cm³/mol. The smallest absolute Gasteiger partial charge is 0.167 e. The molecule has 0 radical (unpaired) electrons. The standard InChI is InChI=1S/C12H17FO/c1-9(2)7-8-14-11-6-4-5-10(3)12(11)13/h4-6,9H,7-8H2,1-3H3. The number of benzene rings is 1. The highest BCUT2D eigenvalue weighted by Crippen LogP contribution is 2.19. The lowest BCUT2D eigenvalue weighted by molar-refractivity contribution is 0.276. The number of ether oxygens (including phenoxy) is 1. The summed E-state index contributed by atoms with van der Waals surface area (Å²) < 4.78 is 18.8. The molecule has 78 valence electrons. The lowest BCUT2D eigenvalue weighted by atomic mass is 10.1. The second-order valence-corrected chi connectivity index (χ2v) is 3.92. The Morgan fingerprint density at radius 3 is 2.71 bits per heavy atom. The van der Waals surface area contributed by atoms with E-state index in [0.717, 1.165) is 6.42 Å². The van der Waals surface area contributed by atoms with Crippen molar-refractivity contribution in [1.29, 1.82) is 0 Å². The first-order valence-electron chi connectivity index (χ1n) is 4.99. The molecule has 0 saturated carbocycles. The summed E-state index contributed by atoms with van der Waals surface area (Å²) in [5.74, 6) is 0.713. The topological polar surface area (TPSA) is 9.23 Å². The predicted octanol–water partition coefficient (Wildman–Crippen LogP) is 3.56. The van der Waals surface area contributed by atoms with E-state index in [1.54, 1.807) is 19.1 Å². The summed E-state index contributed by atoms with van der Waals surface area (Å²) >= 11 is 0. The number of hydrogen-bond acceptors (Lipinski definition) is 1. The van der Waals surface area contributed by atoms with Gasteiger partial charge in [0.1, 0.15) is 0 Å². The molecule has 0 unspecified atom stereocenters. The van der Waals surface area contributed by atoms with Gasteiger partial charge in [-0.15, -0.1) is 0 Å². The zero-order valence-corrected chi connectivity index (χ0v) is 9.01. The van der Waals surface area contributed by atoms with Crippen molar-refractivity contribution in [2.24, 2.45) is 5.92 Å². The highest BCUT2D eigenvalue weighted by Gasteiger charge is 2.05. The molecule has 1 nitrogen and oxygen atoms in total. The van der Waals surface area contributed by atoms with Crippen LogP contribution in [0.4, 0.5) is 4.39 Å². The van der Waals surface area contributed by atoms with Gasteiger partial charge < -0.3 is 4.74 Å². The molecule has 0 heterocycles. The van der Waals surface area contributed by atoms with Gasteiger partial charge in [0, 0.05) is 0 Å². The van der Waals surface area contributed by atoms with Crippen LogP contribution in [-0.2, 0) is 0 Å². The maximum atomic E-state index is 13.4. The van der Waals surface area contributed by atoms with Crippen LogP contribution in [0.15, 0.2) is 18.2 Å². The van der Waals surface area contributed by atoms with Crippen LogP contribution in [0.2, 0.25) is 0 Å². The summed E-state index contributed by atoms with van der Waals surface area (Å²) in [6.45, 7) is 6.56. The van der Waals surface area contributed by atoms with Crippen LogP contribution in [0, 0.1) is 18.7 Å². The first-order valence-corrected chi connectivity index (χ1v) is 4.99. The highest BCUT2D eigenvalue weighted by atomic mass is 19.1. The Morgan fingerprint density at radius 2 is 2.07 bits per heavy atom. The fourth-order valence-electron chi connectivity index (χ4n) is 1.14. The molecule has 1 aromatic rings. The van der Waals surface area contributed by atoms with Gasteiger partial charge in [0.25, 0.3) is 0 Å². The van der Waals surface area contributed by atoms with E-state index in [0.29, 0.717) is 23.8 Å². The molecule has 0 atom stereocenters. The van der Waals surface area contributed by atoms with Gasteiger partial charge in [-0.25, -0.2) is 4.39 Å². The summed E-state index contributed by atoms with van der Waals surface area (Å²) in [6, 6.07) is 5.22. The van der Waals surface area contributed by atoms with Crippen LogP contribution < -0.4 is 4.74 Å². The zero-order valence-electron chi connectivity index (χ0n) is 9.01. The third kappa shape index (κ3) is 3.02. The van der Waals surface area contributed by atoms with Gasteiger partial charge in [-0.2, -0.15) is 0 Å². The molecule has 2 heteroatoms. The van der Waals surface area contributed by atoms with Crippen LogP contribution in [0.5, 0.6) is 5.75 Å². The maximum Gasteiger partial charge on any atom is 0.167 e. The minimum absolute atomic E-state index is 0.240. The molecule has 1 aromatic carbocycles. The fourth-order valence-corrected chi connectivity index (χ4v) is 1.14. The fraction of sp³-hybridized carbons (Fsp3) is 0.500. The molecular weight excluding hydrogens is 179 g/mol. The van der Waals surface area contributed by atoms with Crippen molar-refractivity contribution in [3.63, 3.8) is 0 Å². The Bertz CT molecular complexity index is 294. The molecule has 0 spiro atoms. The average molecular weight is 196 g/mol. The largest absolute Gasteiger partial charge is 0.490 e. The van der Waals surface area contributed by atoms with Crippen molar-refractivity contribution in [3.05, 3.63) is 29.6 Å². The SMILES string of the molecule is Cc1cccc(OCCC(C)C)c1F. The van der Waals surface area contributed by atoms with Crippen molar-refractivity contribution in [2.75, 3.05) is 6.61 Å². The third-order valence-corrected chi connectivity index (χ3v) is 2.11. The quantitative estimate of drug-likeness (QED) is 0.715. The van der Waals surface area contributed by atoms with E-state index >= 15 is 0 Å². The van der Waals surface area contributed by atoms with E-state index in [1.807, 2.05) is 6.07 Å². The molecule has 0 saturated heterocycles. The van der Waals surface area contributed by atoms with Gasteiger partial charge in [0.05, 0.1) is 6.61 Å².